The Morgan fingerprint density at radius 3 is 2.50 bits per heavy atom. The van der Waals surface area contributed by atoms with Crippen molar-refractivity contribution in [2.24, 2.45) is 0 Å². The first-order valence-electron chi connectivity index (χ1n) is 8.43. The van der Waals surface area contributed by atoms with Crippen molar-refractivity contribution in [2.45, 2.75) is 26.2 Å². The van der Waals surface area contributed by atoms with Gasteiger partial charge in [-0.05, 0) is 0 Å². The summed E-state index contributed by atoms with van der Waals surface area (Å²) in [5, 5.41) is 13.0. The van der Waals surface area contributed by atoms with Gasteiger partial charge in [-0.15, -0.1) is 0 Å². The quantitative estimate of drug-likeness (QED) is 0.551. The van der Waals surface area contributed by atoms with Gasteiger partial charge in [-0.3, -0.25) is 0 Å². The van der Waals surface area contributed by atoms with Gasteiger partial charge in [0, 0.05) is 0 Å². The number of carbonyl (C=O) groups is 1. The van der Waals surface area contributed by atoms with Crippen molar-refractivity contribution >= 4 is 36.7 Å². The van der Waals surface area contributed by atoms with Crippen LogP contribution < -0.4 is 5.32 Å². The van der Waals surface area contributed by atoms with Gasteiger partial charge < -0.3 is 0 Å². The first-order valence-corrected chi connectivity index (χ1v) is 10.5. The molecule has 2 aromatic carbocycles. The van der Waals surface area contributed by atoms with Crippen LogP contribution in [0.15, 0.2) is 48.5 Å². The number of aromatic nitrogens is 1. The Kier molecular flexibility index (Phi) is 6.15. The maximum absolute atomic E-state index is 12.4. The number of nitrogens with zero attached hydrogens (tertiary/aromatic N) is 1. The van der Waals surface area contributed by atoms with Crippen LogP contribution >= 0.6 is 11.6 Å². The van der Waals surface area contributed by atoms with Crippen LogP contribution in [0.25, 0.3) is 11.3 Å². The van der Waals surface area contributed by atoms with Gasteiger partial charge in [-0.2, -0.15) is 0 Å². The number of phenols is 1. The second-order valence-electron chi connectivity index (χ2n) is 5.90. The SMILES string of the molecule is CCCCc1[se]c(NC(=O)c2ccc(Cl)cc2)nc1-c1ccc(O)cc1. The number of nitrogens with one attached hydrogen (secondary N) is 1. The number of anilines is 1. The van der Waals surface area contributed by atoms with E-state index in [-0.39, 0.29) is 26.2 Å². The van der Waals surface area contributed by atoms with E-state index in [0.717, 1.165) is 30.5 Å². The molecule has 0 saturated carbocycles. The Balaban J connectivity index is 1.86. The maximum atomic E-state index is 12.4. The molecule has 26 heavy (non-hydrogen) atoms. The normalized spacial score (nSPS) is 10.7. The zero-order chi connectivity index (χ0) is 18.5. The summed E-state index contributed by atoms with van der Waals surface area (Å²) in [7, 11) is 0. The summed E-state index contributed by atoms with van der Waals surface area (Å²) in [4.78, 5) is 17.1. The summed E-state index contributed by atoms with van der Waals surface area (Å²) in [5.41, 5.74) is 2.44. The Morgan fingerprint density at radius 1 is 1.15 bits per heavy atom. The van der Waals surface area contributed by atoms with Crippen LogP contribution in [0.4, 0.5) is 4.69 Å². The minimum atomic E-state index is -0.177. The molecule has 0 saturated heterocycles. The number of benzene rings is 2. The summed E-state index contributed by atoms with van der Waals surface area (Å²) in [6.45, 7) is 2.16. The monoisotopic (exact) mass is 434 g/mol. The molecule has 3 rings (SSSR count). The van der Waals surface area contributed by atoms with E-state index in [4.69, 9.17) is 11.6 Å². The van der Waals surface area contributed by atoms with Crippen molar-refractivity contribution in [1.29, 1.82) is 0 Å². The molecular formula is C20H19ClN2O2Se. The van der Waals surface area contributed by atoms with Gasteiger partial charge in [0.2, 0.25) is 0 Å². The fourth-order valence-corrected chi connectivity index (χ4v) is 4.79. The number of rotatable bonds is 6. The Labute approximate surface area is 163 Å². The van der Waals surface area contributed by atoms with Crippen LogP contribution in [0.5, 0.6) is 5.75 Å². The van der Waals surface area contributed by atoms with Gasteiger partial charge in [0.25, 0.3) is 0 Å². The van der Waals surface area contributed by atoms with Crippen molar-refractivity contribution in [1.82, 2.24) is 4.98 Å². The number of aryl methyl sites for hydroxylation is 1. The summed E-state index contributed by atoms with van der Waals surface area (Å²) >= 11 is 5.87. The van der Waals surface area contributed by atoms with E-state index in [1.807, 2.05) is 12.1 Å². The molecule has 4 nitrogen and oxygen atoms in total. The molecule has 1 aromatic heterocycles. The number of hydrogen-bond acceptors (Lipinski definition) is 3. The van der Waals surface area contributed by atoms with Crippen LogP contribution in [0.2, 0.25) is 5.02 Å². The average Bonchev–Trinajstić information content (AvgIpc) is 3.03. The molecule has 1 amide bonds. The van der Waals surface area contributed by atoms with Crippen molar-refractivity contribution in [3.8, 4) is 17.0 Å². The first kappa shape index (κ1) is 18.7. The molecule has 0 atom stereocenters. The molecule has 3 aromatic rings. The molecule has 1 heterocycles. The van der Waals surface area contributed by atoms with E-state index < -0.39 is 0 Å². The van der Waals surface area contributed by atoms with E-state index in [1.165, 1.54) is 4.44 Å². The molecule has 0 aliphatic heterocycles. The predicted octanol–water partition coefficient (Wildman–Crippen LogP) is 4.76. The summed E-state index contributed by atoms with van der Waals surface area (Å²) in [5.74, 6) is 0.0531. The third kappa shape index (κ3) is 4.55. The topological polar surface area (TPSA) is 62.2 Å². The molecule has 2 N–H and O–H groups in total. The number of amides is 1. The van der Waals surface area contributed by atoms with E-state index in [9.17, 15) is 9.90 Å². The molecule has 6 heteroatoms. The molecule has 0 fully saturated rings. The van der Waals surface area contributed by atoms with Crippen LogP contribution in [0.3, 0.4) is 0 Å². The van der Waals surface area contributed by atoms with Gasteiger partial charge in [0.05, 0.1) is 0 Å². The Morgan fingerprint density at radius 2 is 1.85 bits per heavy atom. The third-order valence-electron chi connectivity index (χ3n) is 3.92. The second-order valence-corrected chi connectivity index (χ2v) is 8.61. The van der Waals surface area contributed by atoms with Gasteiger partial charge in [-0.1, -0.05) is 0 Å². The standard InChI is InChI=1S/C20H19ClN2O2Se/c1-2-3-4-17-18(13-7-11-16(24)12-8-13)22-20(26-17)23-19(25)14-5-9-15(21)10-6-14/h5-12,24H,2-4H2,1H3,(H,22,23,25). The fourth-order valence-electron chi connectivity index (χ4n) is 2.53. The Hall–Kier alpha value is -2.07. The number of unbranched alkanes of at least 4 members (excludes halogenated alkanes) is 1. The van der Waals surface area contributed by atoms with E-state index in [2.05, 4.69) is 17.2 Å². The first-order chi connectivity index (χ1) is 12.6. The van der Waals surface area contributed by atoms with Gasteiger partial charge in [0.15, 0.2) is 0 Å². The van der Waals surface area contributed by atoms with Crippen LogP contribution in [-0.2, 0) is 6.42 Å². The van der Waals surface area contributed by atoms with Gasteiger partial charge in [0.1, 0.15) is 0 Å². The van der Waals surface area contributed by atoms with Gasteiger partial charge >= 0.3 is 164 Å². The van der Waals surface area contributed by atoms with E-state index >= 15 is 0 Å². The number of carbonyl (C=O) groups excluding carboxylic acids is 1. The third-order valence-corrected chi connectivity index (χ3v) is 6.34. The van der Waals surface area contributed by atoms with Crippen molar-refractivity contribution in [3.05, 3.63) is 63.6 Å². The average molecular weight is 434 g/mol. The summed E-state index contributed by atoms with van der Waals surface area (Å²) in [6, 6.07) is 13.8. The van der Waals surface area contributed by atoms with Crippen LogP contribution in [0, 0.1) is 0 Å². The molecule has 134 valence electrons. The Bertz CT molecular complexity index is 889. The van der Waals surface area contributed by atoms with Crippen molar-refractivity contribution in [3.63, 3.8) is 0 Å². The summed E-state index contributed by atoms with van der Waals surface area (Å²) in [6.07, 6.45) is 3.16. The van der Waals surface area contributed by atoms with Gasteiger partial charge in [-0.25, -0.2) is 0 Å². The predicted molar refractivity (Wildman–Crippen MR) is 106 cm³/mol. The molecule has 0 aliphatic rings. The zero-order valence-electron chi connectivity index (χ0n) is 14.3. The fraction of sp³-hybridized carbons (Fsp3) is 0.200. The zero-order valence-corrected chi connectivity index (χ0v) is 16.8. The number of hydrogen-bond donors (Lipinski definition) is 2. The van der Waals surface area contributed by atoms with Crippen molar-refractivity contribution < 1.29 is 9.90 Å². The second kappa shape index (κ2) is 8.54. The molecule has 0 unspecified atom stereocenters. The molecular weight excluding hydrogens is 415 g/mol. The van der Waals surface area contributed by atoms with E-state index in [1.54, 1.807) is 36.4 Å². The molecule has 0 bridgehead atoms. The number of aromatic hydroxyl groups is 1. The van der Waals surface area contributed by atoms with Crippen molar-refractivity contribution in [2.75, 3.05) is 5.32 Å². The minimum absolute atomic E-state index is 0.00945. The number of halogens is 1. The van der Waals surface area contributed by atoms with Crippen LogP contribution in [-0.4, -0.2) is 30.5 Å². The summed E-state index contributed by atoms with van der Waals surface area (Å²) < 4.78 is 1.99. The molecule has 0 radical (unpaired) electrons. The molecule has 0 aliphatic carbocycles. The molecule has 0 spiro atoms. The van der Waals surface area contributed by atoms with Crippen LogP contribution in [0.1, 0.15) is 34.6 Å². The van der Waals surface area contributed by atoms with E-state index in [0.29, 0.717) is 15.3 Å². The number of phenolic OH excluding ortho intramolecular Hbond substituents is 1.